The zero-order chi connectivity index (χ0) is 12.0. The molecule has 0 radical (unpaired) electrons. The monoisotopic (exact) mass is 223 g/mol. The number of ether oxygens (including phenoxy) is 1. The highest BCUT2D eigenvalue weighted by Crippen LogP contribution is 2.31. The van der Waals surface area contributed by atoms with Crippen LogP contribution in [0, 0.1) is 5.92 Å². The van der Waals surface area contributed by atoms with Crippen molar-refractivity contribution in [3.63, 3.8) is 0 Å². The molecule has 90 valence electrons. The number of hydrogen-bond acceptors (Lipinski definition) is 3. The fourth-order valence-electron chi connectivity index (χ4n) is 2.25. The molecule has 16 heavy (non-hydrogen) atoms. The second-order valence-corrected chi connectivity index (χ2v) is 4.22. The molecule has 0 amide bonds. The van der Waals surface area contributed by atoms with Gasteiger partial charge in [0.15, 0.2) is 0 Å². The third kappa shape index (κ3) is 3.47. The number of aliphatic imine (C=N–C) groups is 1. The Morgan fingerprint density at radius 3 is 3.00 bits per heavy atom. The van der Waals surface area contributed by atoms with Gasteiger partial charge in [-0.25, -0.2) is 0 Å². The van der Waals surface area contributed by atoms with Gasteiger partial charge >= 0.3 is 5.97 Å². The fourth-order valence-corrected chi connectivity index (χ4v) is 2.25. The molecule has 1 aliphatic rings. The molecular weight excluding hydrogens is 202 g/mol. The molecule has 0 fully saturated rings. The molecule has 1 atom stereocenters. The molecule has 0 N–H and O–H groups in total. The van der Waals surface area contributed by atoms with Crippen molar-refractivity contribution in [3.05, 3.63) is 11.1 Å². The first-order valence-corrected chi connectivity index (χ1v) is 5.96. The third-order valence-corrected chi connectivity index (χ3v) is 3.02. The predicted octanol–water partition coefficient (Wildman–Crippen LogP) is 2.76. The molecule has 0 aromatic heterocycles. The molecule has 1 rings (SSSR count). The zero-order valence-corrected chi connectivity index (χ0v) is 10.5. The number of carbonyl (C=O) groups excluding carboxylic acids is 1. The molecule has 1 aliphatic carbocycles. The van der Waals surface area contributed by atoms with Crippen LogP contribution < -0.4 is 0 Å². The van der Waals surface area contributed by atoms with Crippen molar-refractivity contribution < 1.29 is 9.53 Å². The molecular formula is C13H21NO2. The molecule has 0 aromatic carbocycles. The van der Waals surface area contributed by atoms with Gasteiger partial charge in [-0.15, -0.1) is 0 Å². The van der Waals surface area contributed by atoms with Crippen molar-refractivity contribution in [2.24, 2.45) is 10.9 Å². The summed E-state index contributed by atoms with van der Waals surface area (Å²) in [6.07, 6.45) is 5.75. The summed E-state index contributed by atoms with van der Waals surface area (Å²) in [5.74, 6) is 0.209. The fraction of sp³-hybridized carbons (Fsp3) is 0.692. The second-order valence-electron chi connectivity index (χ2n) is 4.22. The summed E-state index contributed by atoms with van der Waals surface area (Å²) in [7, 11) is 1.77. The van der Waals surface area contributed by atoms with Crippen molar-refractivity contribution in [2.75, 3.05) is 13.7 Å². The third-order valence-electron chi connectivity index (χ3n) is 3.02. The lowest BCUT2D eigenvalue weighted by atomic mass is 9.82. The second kappa shape index (κ2) is 6.46. The van der Waals surface area contributed by atoms with Crippen molar-refractivity contribution in [1.29, 1.82) is 0 Å². The summed E-state index contributed by atoms with van der Waals surface area (Å²) in [4.78, 5) is 15.6. The lowest BCUT2D eigenvalue weighted by molar-refractivity contribution is -0.144. The van der Waals surface area contributed by atoms with Crippen LogP contribution in [0.2, 0.25) is 0 Å². The lowest BCUT2D eigenvalue weighted by Gasteiger charge is -2.24. The van der Waals surface area contributed by atoms with E-state index in [1.165, 1.54) is 11.1 Å². The molecule has 0 heterocycles. The smallest absolute Gasteiger partial charge is 0.306 e. The zero-order valence-electron chi connectivity index (χ0n) is 10.5. The van der Waals surface area contributed by atoms with Crippen molar-refractivity contribution in [2.45, 2.75) is 39.5 Å². The number of hydrogen-bond donors (Lipinski definition) is 0. The van der Waals surface area contributed by atoms with Crippen LogP contribution in [0.15, 0.2) is 16.1 Å². The number of nitrogens with zero attached hydrogens (tertiary/aromatic N) is 1. The summed E-state index contributed by atoms with van der Waals surface area (Å²) < 4.78 is 5.00. The molecule has 0 bridgehead atoms. The van der Waals surface area contributed by atoms with Crippen LogP contribution >= 0.6 is 0 Å². The van der Waals surface area contributed by atoms with Gasteiger partial charge in [0.05, 0.1) is 13.0 Å². The first-order chi connectivity index (χ1) is 7.69. The highest BCUT2D eigenvalue weighted by molar-refractivity contribution is 5.82. The van der Waals surface area contributed by atoms with Gasteiger partial charge in [0.25, 0.3) is 0 Å². The maximum Gasteiger partial charge on any atom is 0.306 e. The Morgan fingerprint density at radius 2 is 2.38 bits per heavy atom. The van der Waals surface area contributed by atoms with E-state index in [9.17, 15) is 4.79 Å². The van der Waals surface area contributed by atoms with Crippen molar-refractivity contribution in [1.82, 2.24) is 0 Å². The average Bonchev–Trinajstić information content (AvgIpc) is 2.23. The molecule has 0 unspecified atom stereocenters. The molecule has 0 saturated heterocycles. The van der Waals surface area contributed by atoms with E-state index in [-0.39, 0.29) is 5.97 Å². The SMILES string of the molecule is CCOC(=O)C[C@H]1CCCC(C)=C1C=NC. The Balaban J connectivity index is 2.70. The van der Waals surface area contributed by atoms with Crippen LogP contribution in [0.3, 0.4) is 0 Å². The molecule has 3 nitrogen and oxygen atoms in total. The van der Waals surface area contributed by atoms with Crippen LogP contribution in [0.4, 0.5) is 0 Å². The summed E-state index contributed by atoms with van der Waals surface area (Å²) in [6.45, 7) is 4.44. The normalized spacial score (nSPS) is 21.6. The number of carbonyl (C=O) groups is 1. The van der Waals surface area contributed by atoms with E-state index < -0.39 is 0 Å². The van der Waals surface area contributed by atoms with Gasteiger partial charge in [-0.05, 0) is 44.6 Å². The molecule has 0 aliphatic heterocycles. The topological polar surface area (TPSA) is 38.7 Å². The minimum absolute atomic E-state index is 0.0933. The number of allylic oxidation sites excluding steroid dienone is 2. The highest BCUT2D eigenvalue weighted by Gasteiger charge is 2.22. The number of esters is 1. The van der Waals surface area contributed by atoms with Crippen LogP contribution in [0.25, 0.3) is 0 Å². The Kier molecular flexibility index (Phi) is 5.23. The Morgan fingerprint density at radius 1 is 1.62 bits per heavy atom. The van der Waals surface area contributed by atoms with E-state index in [1.807, 2.05) is 13.1 Å². The Bertz CT molecular complexity index is 305. The largest absolute Gasteiger partial charge is 0.466 e. The minimum Gasteiger partial charge on any atom is -0.466 e. The van der Waals surface area contributed by atoms with Crippen LogP contribution in [-0.2, 0) is 9.53 Å². The predicted molar refractivity (Wildman–Crippen MR) is 65.7 cm³/mol. The summed E-state index contributed by atoms with van der Waals surface area (Å²) in [6, 6.07) is 0. The van der Waals surface area contributed by atoms with E-state index in [1.54, 1.807) is 7.05 Å². The van der Waals surface area contributed by atoms with Gasteiger partial charge in [-0.3, -0.25) is 9.79 Å². The molecule has 0 spiro atoms. The molecule has 0 aromatic rings. The lowest BCUT2D eigenvalue weighted by Crippen LogP contribution is -2.18. The van der Waals surface area contributed by atoms with Crippen LogP contribution in [0.1, 0.15) is 39.5 Å². The first kappa shape index (κ1) is 12.9. The van der Waals surface area contributed by atoms with E-state index in [2.05, 4.69) is 11.9 Å². The van der Waals surface area contributed by atoms with Gasteiger partial charge in [-0.1, -0.05) is 5.57 Å². The maximum absolute atomic E-state index is 11.5. The Labute approximate surface area is 97.6 Å². The van der Waals surface area contributed by atoms with E-state index in [0.717, 1.165) is 19.3 Å². The first-order valence-electron chi connectivity index (χ1n) is 5.96. The Hall–Kier alpha value is -1.12. The molecule has 3 heteroatoms. The molecule has 0 saturated carbocycles. The summed E-state index contributed by atoms with van der Waals surface area (Å²) in [5.41, 5.74) is 2.60. The standard InChI is InChI=1S/C13H21NO2/c1-4-16-13(15)8-11-7-5-6-10(2)12(11)9-14-3/h9,11H,4-8H2,1-3H3/t11-/m1/s1. The highest BCUT2D eigenvalue weighted by atomic mass is 16.5. The van der Waals surface area contributed by atoms with Gasteiger partial charge < -0.3 is 4.74 Å². The quantitative estimate of drug-likeness (QED) is 0.543. The minimum atomic E-state index is -0.0933. The average molecular weight is 223 g/mol. The van der Waals surface area contributed by atoms with E-state index in [0.29, 0.717) is 18.9 Å². The van der Waals surface area contributed by atoms with Gasteiger partial charge in [-0.2, -0.15) is 0 Å². The van der Waals surface area contributed by atoms with Crippen LogP contribution in [0.5, 0.6) is 0 Å². The maximum atomic E-state index is 11.5. The number of rotatable bonds is 4. The van der Waals surface area contributed by atoms with Gasteiger partial charge in [0, 0.05) is 13.3 Å². The summed E-state index contributed by atoms with van der Waals surface area (Å²) in [5, 5.41) is 0. The van der Waals surface area contributed by atoms with Crippen molar-refractivity contribution >= 4 is 12.2 Å². The van der Waals surface area contributed by atoms with Gasteiger partial charge in [0.2, 0.25) is 0 Å². The van der Waals surface area contributed by atoms with E-state index in [4.69, 9.17) is 4.74 Å². The van der Waals surface area contributed by atoms with Crippen molar-refractivity contribution in [3.8, 4) is 0 Å². The van der Waals surface area contributed by atoms with E-state index >= 15 is 0 Å². The van der Waals surface area contributed by atoms with Gasteiger partial charge in [0.1, 0.15) is 0 Å². The van der Waals surface area contributed by atoms with Crippen LogP contribution in [-0.4, -0.2) is 25.8 Å². The summed E-state index contributed by atoms with van der Waals surface area (Å²) >= 11 is 0.